The average molecular weight is 894 g/mol. The predicted molar refractivity (Wildman–Crippen MR) is 231 cm³/mol. The van der Waals surface area contributed by atoms with Crippen molar-refractivity contribution in [3.63, 3.8) is 0 Å². The lowest BCUT2D eigenvalue weighted by molar-refractivity contribution is -0.145. The fourth-order valence-corrected chi connectivity index (χ4v) is 6.30. The van der Waals surface area contributed by atoms with Gasteiger partial charge in [0.1, 0.15) is 25.8 Å². The quantitative estimate of drug-likeness (QED) is 0.0342. The third-order valence-corrected chi connectivity index (χ3v) is 9.81. The van der Waals surface area contributed by atoms with Crippen LogP contribution >= 0.6 is 9.39 Å². The maximum atomic E-state index is 12.7. The van der Waals surface area contributed by atoms with E-state index in [1.807, 2.05) is 0 Å². The van der Waals surface area contributed by atoms with Crippen molar-refractivity contribution in [3.8, 4) is 0 Å². The highest BCUT2D eigenvalue weighted by Crippen LogP contribution is 2.14. The summed E-state index contributed by atoms with van der Waals surface area (Å²) < 4.78 is 21.3. The first kappa shape index (κ1) is 57.5. The van der Waals surface area contributed by atoms with Crippen molar-refractivity contribution < 1.29 is 67.8 Å². The molecule has 0 aliphatic heterocycles. The zero-order chi connectivity index (χ0) is 45.2. The van der Waals surface area contributed by atoms with E-state index in [-0.39, 0.29) is 115 Å². The van der Waals surface area contributed by atoms with Crippen LogP contribution in [0.2, 0.25) is 0 Å². The van der Waals surface area contributed by atoms with Gasteiger partial charge < -0.3 is 55.1 Å². The summed E-state index contributed by atoms with van der Waals surface area (Å²) in [6.45, 7) is 1.45. The molecule has 0 aliphatic rings. The molecule has 0 saturated heterocycles. The minimum atomic E-state index is -1.13. The fraction of sp³-hybridized carbons (Fsp3) is 0.829. The van der Waals surface area contributed by atoms with Crippen LogP contribution in [0.15, 0.2) is 0 Å². The minimum Gasteiger partial charge on any atom is -0.481 e. The summed E-state index contributed by atoms with van der Waals surface area (Å²) >= 11 is 0. The van der Waals surface area contributed by atoms with Gasteiger partial charge in [0.2, 0.25) is 23.6 Å². The van der Waals surface area contributed by atoms with Crippen LogP contribution in [0.5, 0.6) is 0 Å². The molecule has 4 amide bonds. The minimum absolute atomic E-state index is 0.0127. The summed E-state index contributed by atoms with van der Waals surface area (Å²) in [5.74, 6) is -3.96. The molecule has 0 saturated carbocycles. The summed E-state index contributed by atoms with van der Waals surface area (Å²) in [5, 5.41) is 37.6. The zero-order valence-electron chi connectivity index (χ0n) is 36.3. The molecule has 0 radical (unpaired) electrons. The van der Waals surface area contributed by atoms with Crippen molar-refractivity contribution in [2.75, 3.05) is 85.6 Å². The number of aliphatic carboxylic acids is 3. The van der Waals surface area contributed by atoms with Crippen molar-refractivity contribution in [2.24, 2.45) is 0 Å². The Morgan fingerprint density at radius 3 is 1.38 bits per heavy atom. The van der Waals surface area contributed by atoms with Gasteiger partial charge in [0.05, 0.1) is 39.6 Å². The van der Waals surface area contributed by atoms with Crippen molar-refractivity contribution in [3.05, 3.63) is 0 Å². The molecule has 0 aromatic heterocycles. The van der Waals surface area contributed by atoms with E-state index in [9.17, 15) is 38.7 Å². The number of carbonyl (C=O) groups excluding carboxylic acids is 4. The second kappa shape index (κ2) is 41.9. The molecule has 2 atom stereocenters. The molecule has 0 bridgehead atoms. The topological polar surface area (TPSA) is 268 Å². The molecule has 0 aromatic carbocycles. The molecule has 0 spiro atoms. The predicted octanol–water partition coefficient (Wildman–Crippen LogP) is 3.03. The molecule has 0 aromatic rings. The highest BCUT2D eigenvalue weighted by molar-refractivity contribution is 7.13. The van der Waals surface area contributed by atoms with Gasteiger partial charge in [-0.3, -0.25) is 38.6 Å². The molecule has 0 rings (SSSR count). The first-order valence-electron chi connectivity index (χ1n) is 22.0. The number of hydrogen-bond donors (Lipinski definition) is 7. The third-order valence-electron chi connectivity index (χ3n) is 9.41. The van der Waals surface area contributed by atoms with E-state index in [0.717, 1.165) is 44.9 Å². The number of amides is 4. The van der Waals surface area contributed by atoms with E-state index >= 15 is 0 Å². The van der Waals surface area contributed by atoms with Gasteiger partial charge in [-0.2, -0.15) is 0 Å². The number of carboxylic acids is 3. The third kappa shape index (κ3) is 40.4. The molecule has 0 heterocycles. The Morgan fingerprint density at radius 1 is 0.475 bits per heavy atom. The van der Waals surface area contributed by atoms with E-state index in [1.165, 1.54) is 43.4 Å². The highest BCUT2D eigenvalue weighted by Gasteiger charge is 2.18. The van der Waals surface area contributed by atoms with Gasteiger partial charge in [0, 0.05) is 45.4 Å². The lowest BCUT2D eigenvalue weighted by Crippen LogP contribution is -2.39. The first-order chi connectivity index (χ1) is 29.5. The van der Waals surface area contributed by atoms with Crippen LogP contribution in [0.25, 0.3) is 0 Å². The number of hydrogen-bond acceptors (Lipinski definition) is 12. The average Bonchev–Trinajstić information content (AvgIpc) is 3.21. The van der Waals surface area contributed by atoms with Gasteiger partial charge in [-0.15, -0.1) is 0 Å². The van der Waals surface area contributed by atoms with Crippen LogP contribution in [0, 0.1) is 0 Å². The second-order valence-corrected chi connectivity index (χ2v) is 15.1. The summed E-state index contributed by atoms with van der Waals surface area (Å²) in [7, 11) is 2.19. The Labute approximate surface area is 364 Å². The van der Waals surface area contributed by atoms with Crippen molar-refractivity contribution in [2.45, 2.75) is 134 Å². The maximum Gasteiger partial charge on any atom is 0.323 e. The highest BCUT2D eigenvalue weighted by atomic mass is 31.0. The molecule has 19 nitrogen and oxygen atoms in total. The summed E-state index contributed by atoms with van der Waals surface area (Å²) in [6.07, 6.45) is 17.2. The van der Waals surface area contributed by atoms with Crippen molar-refractivity contribution in [1.29, 1.82) is 0 Å². The van der Waals surface area contributed by atoms with Crippen LogP contribution < -0.4 is 21.0 Å². The normalized spacial score (nSPS) is 11.5. The monoisotopic (exact) mass is 894 g/mol. The van der Waals surface area contributed by atoms with Crippen LogP contribution in [-0.2, 0) is 52.5 Å². The van der Waals surface area contributed by atoms with Crippen LogP contribution in [-0.4, -0.2) is 153 Å². The number of nitrogens with zero attached hydrogens (tertiary/aromatic N) is 1. The van der Waals surface area contributed by atoms with Gasteiger partial charge in [-0.05, 0) is 32.1 Å². The largest absolute Gasteiger partial charge is 0.481 e. The number of rotatable bonds is 45. The smallest absolute Gasteiger partial charge is 0.323 e. The van der Waals surface area contributed by atoms with Gasteiger partial charge >= 0.3 is 17.9 Å². The van der Waals surface area contributed by atoms with E-state index in [0.29, 0.717) is 32.2 Å². The maximum absolute atomic E-state index is 12.7. The Hall–Kier alpha value is -3.48. The first-order valence-corrected chi connectivity index (χ1v) is 22.5. The molecule has 0 aliphatic carbocycles. The fourth-order valence-electron chi connectivity index (χ4n) is 5.99. The van der Waals surface area contributed by atoms with Crippen molar-refractivity contribution in [1.82, 2.24) is 25.9 Å². The molecule has 1 unspecified atom stereocenters. The van der Waals surface area contributed by atoms with Gasteiger partial charge in [-0.1, -0.05) is 86.4 Å². The molecule has 354 valence electrons. The molecular weight excluding hydrogens is 817 g/mol. The molecular formula is C41H76N5O14P. The number of ether oxygens (including phenoxy) is 4. The summed E-state index contributed by atoms with van der Waals surface area (Å²) in [4.78, 5) is 82.7. The van der Waals surface area contributed by atoms with E-state index in [2.05, 4.69) is 30.4 Å². The lowest BCUT2D eigenvalue weighted by atomic mass is 10.0. The SMILES string of the molecule is O=C(O)CCCCCCCCCCCCCCCCC(=O)N(CCC(=O)NCCOCCOCC(=O)NCCOCCOCC(=O)NCCCC[C@H](NP)C(=O)O)CC(=O)O. The number of carbonyl (C=O) groups is 7. The summed E-state index contributed by atoms with van der Waals surface area (Å²) in [5.41, 5.74) is 0. The van der Waals surface area contributed by atoms with E-state index in [4.69, 9.17) is 29.2 Å². The Morgan fingerprint density at radius 2 is 0.918 bits per heavy atom. The van der Waals surface area contributed by atoms with Crippen molar-refractivity contribution >= 4 is 50.9 Å². The van der Waals surface area contributed by atoms with E-state index in [1.54, 1.807) is 0 Å². The Kier molecular flexibility index (Phi) is 39.5. The summed E-state index contributed by atoms with van der Waals surface area (Å²) in [6, 6.07) is -0.632. The van der Waals surface area contributed by atoms with Crippen LogP contribution in [0.4, 0.5) is 0 Å². The van der Waals surface area contributed by atoms with Gasteiger partial charge in [-0.25, -0.2) is 0 Å². The number of carboxylic acid groups (broad SMARTS) is 3. The van der Waals surface area contributed by atoms with E-state index < -0.39 is 30.5 Å². The standard InChI is InChI=1S/C41H76N5O14P/c47-35(20-24-46(31-40(53)54)38(50)18-13-11-9-7-5-3-1-2-4-6-8-10-12-14-19-39(51)52)43-22-25-57-27-30-60-33-37(49)44-23-26-58-28-29-59-32-36(48)42-21-16-15-17-34(45-61)41(55)56/h34,45H,1-33,61H2,(H,42,48)(H,43,47)(H,44,49)(H,51,52)(H,53,54)(H,55,56)/t34-/m0/s1. The van der Waals surface area contributed by atoms with Crippen LogP contribution in [0.3, 0.4) is 0 Å². The second-order valence-electron chi connectivity index (χ2n) is 14.7. The molecule has 7 N–H and O–H groups in total. The zero-order valence-corrected chi connectivity index (χ0v) is 37.4. The van der Waals surface area contributed by atoms with Gasteiger partial charge in [0.25, 0.3) is 0 Å². The van der Waals surface area contributed by atoms with Gasteiger partial charge in [0.15, 0.2) is 0 Å². The lowest BCUT2D eigenvalue weighted by Gasteiger charge is -2.20. The Balaban J connectivity index is 3.73. The number of nitrogens with one attached hydrogen (secondary N) is 4. The molecule has 61 heavy (non-hydrogen) atoms. The number of unbranched alkanes of at least 4 members (excludes halogenated alkanes) is 14. The van der Waals surface area contributed by atoms with Crippen LogP contribution in [0.1, 0.15) is 128 Å². The Bertz CT molecular complexity index is 1200. The molecule has 20 heteroatoms. The molecule has 0 fully saturated rings.